The number of hydrogen-bond acceptors (Lipinski definition) is 8. The van der Waals surface area contributed by atoms with Crippen molar-refractivity contribution in [2.24, 2.45) is 11.5 Å². The lowest BCUT2D eigenvalue weighted by molar-refractivity contribution is 0.315. The van der Waals surface area contributed by atoms with Crippen LogP contribution in [0, 0.1) is 0 Å². The van der Waals surface area contributed by atoms with Crippen molar-refractivity contribution in [3.05, 3.63) is 127 Å². The summed E-state index contributed by atoms with van der Waals surface area (Å²) in [6.07, 6.45) is 7.75. The van der Waals surface area contributed by atoms with Crippen LogP contribution in [-0.2, 0) is 10.8 Å². The molecule has 0 unspecified atom stereocenters. The molecule has 8 rings (SSSR count). The number of anilines is 1. The van der Waals surface area contributed by atoms with Crippen LogP contribution in [0.5, 0.6) is 11.5 Å². The molecule has 0 aliphatic carbocycles. The first-order valence-corrected chi connectivity index (χ1v) is 18.6. The van der Waals surface area contributed by atoms with E-state index in [4.69, 9.17) is 20.9 Å². The van der Waals surface area contributed by atoms with Crippen molar-refractivity contribution >= 4 is 16.9 Å². The molecule has 2 fully saturated rings. The molecule has 6 aromatic rings. The van der Waals surface area contributed by atoms with Gasteiger partial charge in [-0.3, -0.25) is 0 Å². The maximum absolute atomic E-state index is 6.39. The van der Waals surface area contributed by atoms with Crippen LogP contribution in [0.3, 0.4) is 0 Å². The van der Waals surface area contributed by atoms with Gasteiger partial charge in [-0.25, -0.2) is 9.97 Å². The number of nitrogens with one attached hydrogen (secondary N) is 2. The number of methoxy groups -OCH3 is 2. The SMILES string of the molecule is COc1ccc(-c2cccc(C3(CN)CCN(c4ncnc5[nH]ccc45)CC3)c2)cc1.COc1ccc(-c2cccc(C3(CN)CCNCC3)c2)cc1. The summed E-state index contributed by atoms with van der Waals surface area (Å²) in [5, 5.41) is 4.51. The van der Waals surface area contributed by atoms with Gasteiger partial charge >= 0.3 is 0 Å². The van der Waals surface area contributed by atoms with Crippen molar-refractivity contribution in [2.75, 3.05) is 58.4 Å². The number of piperidine rings is 2. The summed E-state index contributed by atoms with van der Waals surface area (Å²) in [6, 6.07) is 36.2. The highest BCUT2D eigenvalue weighted by molar-refractivity contribution is 5.87. The predicted octanol–water partition coefficient (Wildman–Crippen LogP) is 7.07. The molecule has 0 bridgehead atoms. The van der Waals surface area contributed by atoms with E-state index in [0.29, 0.717) is 13.1 Å². The van der Waals surface area contributed by atoms with Crippen molar-refractivity contribution in [3.8, 4) is 33.8 Å². The Kier molecular flexibility index (Phi) is 11.1. The molecule has 274 valence electrons. The second-order valence-corrected chi connectivity index (χ2v) is 14.3. The maximum atomic E-state index is 6.39. The van der Waals surface area contributed by atoms with Crippen molar-refractivity contribution in [2.45, 2.75) is 36.5 Å². The van der Waals surface area contributed by atoms with Crippen LogP contribution in [-0.4, -0.2) is 68.4 Å². The van der Waals surface area contributed by atoms with Crippen molar-refractivity contribution in [1.29, 1.82) is 0 Å². The third kappa shape index (κ3) is 7.64. The number of fused-ring (bicyclic) bond motifs is 1. The monoisotopic (exact) mass is 709 g/mol. The van der Waals surface area contributed by atoms with Crippen LogP contribution in [0.4, 0.5) is 5.82 Å². The van der Waals surface area contributed by atoms with E-state index in [1.54, 1.807) is 20.5 Å². The Balaban J connectivity index is 0.000000174. The summed E-state index contributed by atoms with van der Waals surface area (Å²) in [5.41, 5.74) is 21.0. The molecule has 53 heavy (non-hydrogen) atoms. The molecule has 6 N–H and O–H groups in total. The van der Waals surface area contributed by atoms with Crippen molar-refractivity contribution in [1.82, 2.24) is 20.3 Å². The van der Waals surface area contributed by atoms with Gasteiger partial charge in [-0.15, -0.1) is 0 Å². The molecule has 0 saturated carbocycles. The number of ether oxygens (including phenoxy) is 2. The molecule has 4 heterocycles. The van der Waals surface area contributed by atoms with E-state index in [1.165, 1.54) is 33.4 Å². The summed E-state index contributed by atoms with van der Waals surface area (Å²) in [7, 11) is 3.38. The number of benzene rings is 4. The Hall–Kier alpha value is -5.22. The zero-order chi connectivity index (χ0) is 36.7. The first kappa shape index (κ1) is 36.2. The lowest BCUT2D eigenvalue weighted by Crippen LogP contribution is -2.47. The van der Waals surface area contributed by atoms with E-state index in [9.17, 15) is 0 Å². The van der Waals surface area contributed by atoms with E-state index in [1.807, 2.05) is 36.5 Å². The van der Waals surface area contributed by atoms with Crippen LogP contribution in [0.25, 0.3) is 33.3 Å². The quantitative estimate of drug-likeness (QED) is 0.126. The molecule has 9 heteroatoms. The highest BCUT2D eigenvalue weighted by Gasteiger charge is 2.36. The number of rotatable bonds is 9. The molecule has 9 nitrogen and oxygen atoms in total. The fourth-order valence-corrected chi connectivity index (χ4v) is 8.01. The van der Waals surface area contributed by atoms with Crippen LogP contribution in [0.2, 0.25) is 0 Å². The Morgan fingerprint density at radius 3 is 1.68 bits per heavy atom. The number of aromatic nitrogens is 3. The Bertz CT molecular complexity index is 2080. The Morgan fingerprint density at radius 2 is 1.17 bits per heavy atom. The lowest BCUT2D eigenvalue weighted by atomic mass is 9.72. The van der Waals surface area contributed by atoms with E-state index >= 15 is 0 Å². The van der Waals surface area contributed by atoms with Crippen LogP contribution in [0.15, 0.2) is 116 Å². The third-order valence-electron chi connectivity index (χ3n) is 11.5. The summed E-state index contributed by atoms with van der Waals surface area (Å²) in [5.74, 6) is 2.76. The average Bonchev–Trinajstić information content (AvgIpc) is 3.74. The first-order chi connectivity index (χ1) is 26.0. The number of nitrogens with two attached hydrogens (primary N) is 2. The summed E-state index contributed by atoms with van der Waals surface area (Å²) >= 11 is 0. The minimum absolute atomic E-state index is 0.0245. The molecule has 2 saturated heterocycles. The normalized spacial score (nSPS) is 16.4. The van der Waals surface area contributed by atoms with Gasteiger partial charge in [0.15, 0.2) is 0 Å². The molecular formula is C44H51N7O2. The maximum Gasteiger partial charge on any atom is 0.142 e. The van der Waals surface area contributed by atoms with Gasteiger partial charge in [-0.2, -0.15) is 0 Å². The molecule has 0 atom stereocenters. The standard InChI is InChI=1S/C25H27N5O.C19H24N2O/c1-31-21-7-5-18(6-8-21)19-3-2-4-20(15-19)25(16-26)10-13-30(14-11-25)24-22-9-12-27-23(22)28-17-29-24;1-22-18-7-5-15(6-8-18)16-3-2-4-17(13-16)19(14-20)9-11-21-12-10-19/h2-9,12,15,17H,10-11,13-14,16,26H2,1H3,(H,27,28,29);2-8,13,21H,9-12,14,20H2,1H3. The first-order valence-electron chi connectivity index (χ1n) is 18.6. The number of nitrogens with zero attached hydrogens (tertiary/aromatic N) is 3. The molecule has 2 aromatic heterocycles. The van der Waals surface area contributed by atoms with Crippen LogP contribution in [0.1, 0.15) is 36.8 Å². The zero-order valence-corrected chi connectivity index (χ0v) is 30.9. The van der Waals surface area contributed by atoms with Gasteiger partial charge in [0.2, 0.25) is 0 Å². The molecule has 0 spiro atoms. The zero-order valence-electron chi connectivity index (χ0n) is 30.9. The minimum atomic E-state index is -0.0245. The third-order valence-corrected chi connectivity index (χ3v) is 11.5. The van der Waals surface area contributed by atoms with E-state index in [-0.39, 0.29) is 10.8 Å². The van der Waals surface area contributed by atoms with Crippen molar-refractivity contribution < 1.29 is 9.47 Å². The van der Waals surface area contributed by atoms with Crippen LogP contribution < -0.4 is 31.2 Å². The largest absolute Gasteiger partial charge is 0.497 e. The fourth-order valence-electron chi connectivity index (χ4n) is 8.01. The summed E-state index contributed by atoms with van der Waals surface area (Å²) in [4.78, 5) is 14.4. The lowest BCUT2D eigenvalue weighted by Gasteiger charge is -2.42. The van der Waals surface area contributed by atoms with Crippen LogP contribution >= 0.6 is 0 Å². The van der Waals surface area contributed by atoms with E-state index in [2.05, 4.69) is 98.0 Å². The Morgan fingerprint density at radius 1 is 0.642 bits per heavy atom. The molecule has 2 aliphatic rings. The molecule has 4 aromatic carbocycles. The second-order valence-electron chi connectivity index (χ2n) is 14.3. The average molecular weight is 710 g/mol. The smallest absolute Gasteiger partial charge is 0.142 e. The van der Waals surface area contributed by atoms with E-state index in [0.717, 1.165) is 80.2 Å². The molecule has 2 aliphatic heterocycles. The highest BCUT2D eigenvalue weighted by Crippen LogP contribution is 2.39. The van der Waals surface area contributed by atoms with Gasteiger partial charge in [0.05, 0.1) is 19.6 Å². The van der Waals surface area contributed by atoms with Gasteiger partial charge in [-0.05, 0) is 102 Å². The van der Waals surface area contributed by atoms with Gasteiger partial charge in [0, 0.05) is 43.2 Å². The minimum Gasteiger partial charge on any atom is -0.497 e. The van der Waals surface area contributed by atoms with E-state index < -0.39 is 0 Å². The molecule has 0 radical (unpaired) electrons. The highest BCUT2D eigenvalue weighted by atomic mass is 16.5. The number of aromatic amines is 1. The predicted molar refractivity (Wildman–Crippen MR) is 216 cm³/mol. The number of H-pyrrole nitrogens is 1. The van der Waals surface area contributed by atoms with Gasteiger partial charge in [-0.1, -0.05) is 72.8 Å². The summed E-state index contributed by atoms with van der Waals surface area (Å²) in [6.45, 7) is 5.27. The van der Waals surface area contributed by atoms with Crippen molar-refractivity contribution in [3.63, 3.8) is 0 Å². The topological polar surface area (TPSA) is 127 Å². The molecule has 0 amide bonds. The van der Waals surface area contributed by atoms with Gasteiger partial charge in [0.1, 0.15) is 29.3 Å². The second kappa shape index (κ2) is 16.2. The fraction of sp³-hybridized carbons (Fsp3) is 0.318. The Labute approximate surface area is 312 Å². The number of hydrogen-bond donors (Lipinski definition) is 4. The van der Waals surface area contributed by atoms with Gasteiger partial charge in [0.25, 0.3) is 0 Å². The molecular weight excluding hydrogens is 659 g/mol. The van der Waals surface area contributed by atoms with Gasteiger partial charge < -0.3 is 36.1 Å². The summed E-state index contributed by atoms with van der Waals surface area (Å²) < 4.78 is 10.5.